The van der Waals surface area contributed by atoms with E-state index in [0.29, 0.717) is 5.92 Å². The van der Waals surface area contributed by atoms with Crippen molar-refractivity contribution in [1.82, 2.24) is 10.2 Å². The standard InChI is InChI=1S/C23H30N4O2/c1-24-23(25-17-18-10-15-29-22-9-4-3-8-21(18)22)27-13-11-26(12-14-27)19-6-5-7-20(16-19)28-2/h3-9,16,18H,10-15,17H2,1-2H3,(H,24,25). The number of hydrogen-bond donors (Lipinski definition) is 1. The molecule has 2 heterocycles. The third kappa shape index (κ3) is 4.42. The van der Waals surface area contributed by atoms with Crippen molar-refractivity contribution < 1.29 is 9.47 Å². The van der Waals surface area contributed by atoms with Crippen molar-refractivity contribution >= 4 is 11.6 Å². The lowest BCUT2D eigenvalue weighted by Crippen LogP contribution is -2.53. The van der Waals surface area contributed by atoms with Crippen LogP contribution in [-0.2, 0) is 0 Å². The number of anilines is 1. The fraction of sp³-hybridized carbons (Fsp3) is 0.435. The van der Waals surface area contributed by atoms with Gasteiger partial charge in [-0.25, -0.2) is 0 Å². The summed E-state index contributed by atoms with van der Waals surface area (Å²) in [5, 5.41) is 3.60. The van der Waals surface area contributed by atoms with Gasteiger partial charge in [-0.2, -0.15) is 0 Å². The maximum absolute atomic E-state index is 5.79. The molecule has 0 aromatic heterocycles. The van der Waals surface area contributed by atoms with E-state index in [9.17, 15) is 0 Å². The van der Waals surface area contributed by atoms with E-state index in [0.717, 1.165) is 63.2 Å². The van der Waals surface area contributed by atoms with Crippen LogP contribution in [0.1, 0.15) is 17.9 Å². The lowest BCUT2D eigenvalue weighted by atomic mass is 9.93. The molecule has 0 bridgehead atoms. The average Bonchev–Trinajstić information content (AvgIpc) is 2.80. The number of para-hydroxylation sites is 1. The number of piperazine rings is 1. The number of ether oxygens (including phenoxy) is 2. The monoisotopic (exact) mass is 394 g/mol. The van der Waals surface area contributed by atoms with Crippen molar-refractivity contribution in [2.45, 2.75) is 12.3 Å². The fourth-order valence-electron chi connectivity index (χ4n) is 4.16. The van der Waals surface area contributed by atoms with E-state index in [4.69, 9.17) is 9.47 Å². The van der Waals surface area contributed by atoms with Crippen molar-refractivity contribution in [3.8, 4) is 11.5 Å². The topological polar surface area (TPSA) is 49.3 Å². The van der Waals surface area contributed by atoms with Gasteiger partial charge in [-0.05, 0) is 30.2 Å². The highest BCUT2D eigenvalue weighted by Gasteiger charge is 2.24. The molecule has 2 aliphatic heterocycles. The minimum absolute atomic E-state index is 0.453. The molecule has 2 aromatic carbocycles. The summed E-state index contributed by atoms with van der Waals surface area (Å²) in [4.78, 5) is 9.29. The van der Waals surface area contributed by atoms with Gasteiger partial charge in [0.15, 0.2) is 5.96 Å². The summed E-state index contributed by atoms with van der Waals surface area (Å²) in [5.74, 6) is 3.36. The molecule has 1 N–H and O–H groups in total. The summed E-state index contributed by atoms with van der Waals surface area (Å²) in [6, 6.07) is 16.7. The molecule has 2 aromatic rings. The zero-order valence-electron chi connectivity index (χ0n) is 17.3. The molecular formula is C23H30N4O2. The third-order valence-corrected chi connectivity index (χ3v) is 5.80. The van der Waals surface area contributed by atoms with Gasteiger partial charge in [-0.3, -0.25) is 4.99 Å². The Morgan fingerprint density at radius 1 is 1.14 bits per heavy atom. The lowest BCUT2D eigenvalue weighted by Gasteiger charge is -2.38. The Morgan fingerprint density at radius 3 is 2.76 bits per heavy atom. The van der Waals surface area contributed by atoms with Crippen LogP contribution in [0.2, 0.25) is 0 Å². The highest BCUT2D eigenvalue weighted by atomic mass is 16.5. The summed E-state index contributed by atoms with van der Waals surface area (Å²) in [7, 11) is 3.58. The average molecular weight is 395 g/mol. The smallest absolute Gasteiger partial charge is 0.193 e. The van der Waals surface area contributed by atoms with Crippen LogP contribution in [0.25, 0.3) is 0 Å². The van der Waals surface area contributed by atoms with E-state index in [-0.39, 0.29) is 0 Å². The lowest BCUT2D eigenvalue weighted by molar-refractivity contribution is 0.266. The van der Waals surface area contributed by atoms with Crippen LogP contribution in [0, 0.1) is 0 Å². The van der Waals surface area contributed by atoms with E-state index in [1.165, 1.54) is 11.3 Å². The van der Waals surface area contributed by atoms with Gasteiger partial charge in [0, 0.05) is 57.4 Å². The Hall–Kier alpha value is -2.89. The van der Waals surface area contributed by atoms with Crippen molar-refractivity contribution in [1.29, 1.82) is 0 Å². The Labute approximate surface area is 173 Å². The number of guanidine groups is 1. The molecule has 29 heavy (non-hydrogen) atoms. The second-order valence-electron chi connectivity index (χ2n) is 7.48. The minimum atomic E-state index is 0.453. The number of fused-ring (bicyclic) bond motifs is 1. The number of nitrogens with one attached hydrogen (secondary N) is 1. The van der Waals surface area contributed by atoms with Crippen LogP contribution in [0.15, 0.2) is 53.5 Å². The molecule has 154 valence electrons. The first-order valence-electron chi connectivity index (χ1n) is 10.3. The van der Waals surface area contributed by atoms with Gasteiger partial charge in [0.2, 0.25) is 0 Å². The van der Waals surface area contributed by atoms with Gasteiger partial charge in [-0.1, -0.05) is 24.3 Å². The summed E-state index contributed by atoms with van der Waals surface area (Å²) < 4.78 is 11.2. The second-order valence-corrected chi connectivity index (χ2v) is 7.48. The van der Waals surface area contributed by atoms with Gasteiger partial charge < -0.3 is 24.6 Å². The molecule has 1 fully saturated rings. The van der Waals surface area contributed by atoms with Crippen molar-refractivity contribution in [3.63, 3.8) is 0 Å². The number of hydrogen-bond acceptors (Lipinski definition) is 4. The predicted molar refractivity (Wildman–Crippen MR) is 117 cm³/mol. The van der Waals surface area contributed by atoms with Gasteiger partial charge in [0.25, 0.3) is 0 Å². The van der Waals surface area contributed by atoms with Crippen LogP contribution >= 0.6 is 0 Å². The van der Waals surface area contributed by atoms with Crippen LogP contribution < -0.4 is 19.7 Å². The van der Waals surface area contributed by atoms with Crippen molar-refractivity contribution in [3.05, 3.63) is 54.1 Å². The molecule has 0 saturated carbocycles. The van der Waals surface area contributed by atoms with Gasteiger partial charge >= 0.3 is 0 Å². The first kappa shape index (κ1) is 19.4. The Kier molecular flexibility index (Phi) is 6.08. The van der Waals surface area contributed by atoms with Gasteiger partial charge in [-0.15, -0.1) is 0 Å². The number of nitrogens with zero attached hydrogens (tertiary/aromatic N) is 3. The normalized spacial score (nSPS) is 19.4. The Morgan fingerprint density at radius 2 is 1.97 bits per heavy atom. The van der Waals surface area contributed by atoms with E-state index in [1.807, 2.05) is 25.2 Å². The summed E-state index contributed by atoms with van der Waals surface area (Å²) in [6.45, 7) is 5.48. The third-order valence-electron chi connectivity index (χ3n) is 5.80. The van der Waals surface area contributed by atoms with Crippen molar-refractivity contribution in [2.24, 2.45) is 4.99 Å². The Bertz CT molecular complexity index is 846. The largest absolute Gasteiger partial charge is 0.497 e. The van der Waals surface area contributed by atoms with Crippen LogP contribution in [0.4, 0.5) is 5.69 Å². The molecule has 1 atom stereocenters. The molecule has 0 amide bonds. The first-order chi connectivity index (χ1) is 14.3. The van der Waals surface area contributed by atoms with E-state index < -0.39 is 0 Å². The van der Waals surface area contributed by atoms with Gasteiger partial charge in [0.1, 0.15) is 11.5 Å². The number of rotatable bonds is 4. The number of aliphatic imine (C=N–C) groups is 1. The molecule has 6 heteroatoms. The summed E-state index contributed by atoms with van der Waals surface area (Å²) in [5.41, 5.74) is 2.51. The molecule has 0 aliphatic carbocycles. The van der Waals surface area contributed by atoms with Crippen molar-refractivity contribution in [2.75, 3.05) is 58.4 Å². The van der Waals surface area contributed by atoms with Gasteiger partial charge in [0.05, 0.1) is 13.7 Å². The number of methoxy groups -OCH3 is 1. The van der Waals surface area contributed by atoms with Crippen LogP contribution in [-0.4, -0.2) is 64.3 Å². The number of benzene rings is 2. The Balaban J connectivity index is 1.33. The second kappa shape index (κ2) is 9.07. The predicted octanol–water partition coefficient (Wildman–Crippen LogP) is 2.96. The SMILES string of the molecule is CN=C(NCC1CCOc2ccccc21)N1CCN(c2cccc(OC)c2)CC1. The maximum Gasteiger partial charge on any atom is 0.193 e. The molecule has 0 spiro atoms. The minimum Gasteiger partial charge on any atom is -0.497 e. The van der Waals surface area contributed by atoms with E-state index in [2.05, 4.69) is 50.4 Å². The molecule has 0 radical (unpaired) electrons. The molecule has 1 unspecified atom stereocenters. The van der Waals surface area contributed by atoms with Crippen LogP contribution in [0.3, 0.4) is 0 Å². The molecule has 2 aliphatic rings. The quantitative estimate of drug-likeness (QED) is 0.638. The summed E-state index contributed by atoms with van der Waals surface area (Å²) in [6.07, 6.45) is 1.03. The molecule has 4 rings (SSSR count). The maximum atomic E-state index is 5.79. The zero-order chi connectivity index (χ0) is 20.1. The molecule has 1 saturated heterocycles. The highest BCUT2D eigenvalue weighted by Crippen LogP contribution is 2.32. The first-order valence-corrected chi connectivity index (χ1v) is 10.3. The van der Waals surface area contributed by atoms with E-state index >= 15 is 0 Å². The highest BCUT2D eigenvalue weighted by molar-refractivity contribution is 5.80. The fourth-order valence-corrected chi connectivity index (χ4v) is 4.16. The molecular weight excluding hydrogens is 364 g/mol. The zero-order valence-corrected chi connectivity index (χ0v) is 17.3. The van der Waals surface area contributed by atoms with Crippen LogP contribution in [0.5, 0.6) is 11.5 Å². The molecule has 6 nitrogen and oxygen atoms in total. The summed E-state index contributed by atoms with van der Waals surface area (Å²) >= 11 is 0. The van der Waals surface area contributed by atoms with E-state index in [1.54, 1.807) is 7.11 Å².